The van der Waals surface area contributed by atoms with Gasteiger partial charge in [0.2, 0.25) is 0 Å². The van der Waals surface area contributed by atoms with Crippen LogP contribution in [-0.2, 0) is 38.2 Å². The average Bonchev–Trinajstić information content (AvgIpc) is 2.89. The summed E-state index contributed by atoms with van der Waals surface area (Å²) in [4.78, 5) is 15.9. The first-order valence-corrected chi connectivity index (χ1v) is 11.7. The summed E-state index contributed by atoms with van der Waals surface area (Å²) in [7, 11) is 0. The van der Waals surface area contributed by atoms with Gasteiger partial charge in [0, 0.05) is 50.4 Å². The molecule has 3 aromatic carbocycles. The molecule has 4 nitrogen and oxygen atoms in total. The molecule has 0 saturated carbocycles. The van der Waals surface area contributed by atoms with Crippen molar-refractivity contribution in [2.24, 2.45) is 0 Å². The van der Waals surface area contributed by atoms with Crippen molar-refractivity contribution in [3.05, 3.63) is 120 Å². The predicted molar refractivity (Wildman–Crippen MR) is 140 cm³/mol. The van der Waals surface area contributed by atoms with E-state index in [1.807, 2.05) is 65.6 Å². The number of aliphatic hydroxyl groups is 1. The summed E-state index contributed by atoms with van der Waals surface area (Å²) in [6.45, 7) is 2.85. The molecular weight excluding hydrogens is 729 g/mol. The van der Waals surface area contributed by atoms with Crippen LogP contribution >= 0.6 is 0 Å². The average molecular weight is 753 g/mol. The van der Waals surface area contributed by atoms with Gasteiger partial charge in [0.15, 0.2) is 5.78 Å². The zero-order valence-corrected chi connectivity index (χ0v) is 23.8. The van der Waals surface area contributed by atoms with Crippen molar-refractivity contribution in [3.63, 3.8) is 0 Å². The molecule has 0 amide bonds. The molecular formula is C30H23F6N2O2Pt-. The van der Waals surface area contributed by atoms with Gasteiger partial charge in [-0.05, 0) is 61.0 Å². The topological polar surface area (TPSA) is 53.4 Å². The van der Waals surface area contributed by atoms with Crippen LogP contribution in [-0.4, -0.2) is 15.9 Å². The molecule has 1 aromatic heterocycles. The zero-order chi connectivity index (χ0) is 29.5. The van der Waals surface area contributed by atoms with E-state index in [1.165, 1.54) is 32.2 Å². The van der Waals surface area contributed by atoms with Crippen LogP contribution in [0.25, 0.3) is 11.3 Å². The Kier molecular flexibility index (Phi) is 11.5. The fourth-order valence-electron chi connectivity index (χ4n) is 3.63. The Balaban J connectivity index is 0.000000655. The van der Waals surface area contributed by atoms with Crippen LogP contribution in [0.2, 0.25) is 0 Å². The van der Waals surface area contributed by atoms with E-state index in [9.17, 15) is 31.1 Å². The maximum Gasteiger partial charge on any atom is 0.399 e. The zero-order valence-electron chi connectivity index (χ0n) is 21.6. The second-order valence-corrected chi connectivity index (χ2v) is 8.49. The van der Waals surface area contributed by atoms with E-state index in [2.05, 4.69) is 11.1 Å². The number of anilines is 3. The maximum atomic E-state index is 13.3. The van der Waals surface area contributed by atoms with Gasteiger partial charge in [0.05, 0.1) is 5.76 Å². The van der Waals surface area contributed by atoms with Crippen LogP contribution < -0.4 is 4.90 Å². The molecule has 0 atom stereocenters. The van der Waals surface area contributed by atoms with Crippen LogP contribution in [0.3, 0.4) is 0 Å². The van der Waals surface area contributed by atoms with Gasteiger partial charge in [-0.3, -0.25) is 4.79 Å². The minimum atomic E-state index is -4.99. The molecule has 4 rings (SSSR count). The number of para-hydroxylation sites is 2. The van der Waals surface area contributed by atoms with E-state index in [0.29, 0.717) is 11.8 Å². The van der Waals surface area contributed by atoms with Gasteiger partial charge in [0.1, 0.15) is 0 Å². The molecule has 4 aromatic rings. The van der Waals surface area contributed by atoms with Crippen molar-refractivity contribution in [2.45, 2.75) is 26.2 Å². The first kappa shape index (κ1) is 33.3. The predicted octanol–water partition coefficient (Wildman–Crippen LogP) is 9.09. The number of nitrogens with zero attached hydrogens (tertiary/aromatic N) is 2. The molecule has 0 aliphatic rings. The summed E-state index contributed by atoms with van der Waals surface area (Å²) in [5, 5.41) is 8.36. The molecule has 1 N–H and O–H groups in total. The van der Waals surface area contributed by atoms with Gasteiger partial charge in [-0.1, -0.05) is 42.5 Å². The summed E-state index contributed by atoms with van der Waals surface area (Å²) in [5.41, 5.74) is -1.38. The summed E-state index contributed by atoms with van der Waals surface area (Å²) < 4.78 is 79.7. The number of alkyl halides is 6. The molecule has 0 unspecified atom stereocenters. The van der Waals surface area contributed by atoms with Crippen LogP contribution in [0.5, 0.6) is 0 Å². The largest absolute Gasteiger partial charge is 0.512 e. The first-order chi connectivity index (χ1) is 18.8. The standard InChI is InChI=1S/C25H15F6N2.C5H8O2.Pt/c26-24(27,28)18-13-17(14-19(15-18)25(29,30)31)23-16-22(11-12-32-23)33(20-7-3-1-4-8-20)21-9-5-2-6-10-21;1-4(6)3-5(2)7;/h1-13,15-16H;3,6H,1-2H3;/q-1;;/b;4-3-;. The Hall–Kier alpha value is -3.91. The van der Waals surface area contributed by atoms with E-state index >= 15 is 0 Å². The normalized spacial score (nSPS) is 11.6. The Morgan fingerprint density at radius 2 is 1.34 bits per heavy atom. The number of carbonyl (C=O) groups excluding carboxylic acids is 1. The molecule has 1 heterocycles. The quantitative estimate of drug-likeness (QED) is 0.0958. The molecule has 0 saturated heterocycles. The minimum Gasteiger partial charge on any atom is -0.512 e. The number of aromatic nitrogens is 1. The van der Waals surface area contributed by atoms with Gasteiger partial charge in [-0.25, -0.2) is 0 Å². The number of pyridine rings is 1. The van der Waals surface area contributed by atoms with Crippen LogP contribution in [0, 0.1) is 6.07 Å². The molecule has 0 spiro atoms. The molecule has 0 bridgehead atoms. The summed E-state index contributed by atoms with van der Waals surface area (Å²) >= 11 is 0. The third-order valence-corrected chi connectivity index (χ3v) is 5.22. The van der Waals surface area contributed by atoms with Gasteiger partial charge in [-0.2, -0.15) is 26.3 Å². The molecule has 0 fully saturated rings. The van der Waals surface area contributed by atoms with E-state index in [0.717, 1.165) is 11.4 Å². The third-order valence-electron chi connectivity index (χ3n) is 5.22. The number of hydrogen-bond donors (Lipinski definition) is 1. The van der Waals surface area contributed by atoms with Crippen molar-refractivity contribution < 1.29 is 57.3 Å². The first-order valence-electron chi connectivity index (χ1n) is 11.7. The number of allylic oxidation sites excluding steroid dienone is 2. The second-order valence-electron chi connectivity index (χ2n) is 8.49. The van der Waals surface area contributed by atoms with Crippen molar-refractivity contribution >= 4 is 22.8 Å². The number of halogens is 6. The molecule has 11 heteroatoms. The van der Waals surface area contributed by atoms with E-state index in [-0.39, 0.29) is 44.4 Å². The number of ketones is 1. The van der Waals surface area contributed by atoms with E-state index < -0.39 is 29.0 Å². The third kappa shape index (κ3) is 9.60. The maximum absolute atomic E-state index is 13.3. The number of carbonyl (C=O) groups is 1. The molecule has 218 valence electrons. The second kappa shape index (κ2) is 14.1. The summed E-state index contributed by atoms with van der Waals surface area (Å²) in [6.07, 6.45) is -7.44. The molecule has 0 radical (unpaired) electrons. The van der Waals surface area contributed by atoms with Gasteiger partial charge >= 0.3 is 12.4 Å². The molecule has 41 heavy (non-hydrogen) atoms. The number of rotatable bonds is 5. The molecule has 0 aliphatic heterocycles. The van der Waals surface area contributed by atoms with E-state index in [4.69, 9.17) is 5.11 Å². The number of benzene rings is 3. The van der Waals surface area contributed by atoms with Crippen LogP contribution in [0.15, 0.2) is 103 Å². The Bertz CT molecular complexity index is 1400. The Morgan fingerprint density at radius 1 is 0.805 bits per heavy atom. The molecule has 0 aliphatic carbocycles. The number of aliphatic hydroxyl groups excluding tert-OH is 1. The van der Waals surface area contributed by atoms with Gasteiger partial charge in [0.25, 0.3) is 0 Å². The van der Waals surface area contributed by atoms with Crippen molar-refractivity contribution in [2.75, 3.05) is 4.90 Å². The summed E-state index contributed by atoms with van der Waals surface area (Å²) in [5.74, 6) is -0.0625. The van der Waals surface area contributed by atoms with Crippen molar-refractivity contribution in [1.29, 1.82) is 0 Å². The Morgan fingerprint density at radius 3 is 1.76 bits per heavy atom. The van der Waals surface area contributed by atoms with Gasteiger partial charge in [-0.15, -0.1) is 23.8 Å². The SMILES string of the molecule is CC(=O)/C=C(/C)O.FC(F)(F)c1[c-]c(-c2cc(N(c3ccccc3)c3ccccc3)ccn2)cc(C(F)(F)F)c1.[Pt]. The van der Waals surface area contributed by atoms with Crippen molar-refractivity contribution in [3.8, 4) is 11.3 Å². The number of hydrogen-bond acceptors (Lipinski definition) is 4. The van der Waals surface area contributed by atoms with Gasteiger partial charge < -0.3 is 15.0 Å². The minimum absolute atomic E-state index is 0. The van der Waals surface area contributed by atoms with Crippen molar-refractivity contribution in [1.82, 2.24) is 4.98 Å². The smallest absolute Gasteiger partial charge is 0.399 e. The fraction of sp³-hybridized carbons (Fsp3) is 0.133. The monoisotopic (exact) mass is 752 g/mol. The summed E-state index contributed by atoms with van der Waals surface area (Å²) in [6, 6.07) is 24.1. The van der Waals surface area contributed by atoms with Crippen LogP contribution in [0.1, 0.15) is 25.0 Å². The Labute approximate surface area is 247 Å². The van der Waals surface area contributed by atoms with E-state index in [1.54, 1.807) is 6.07 Å². The fourth-order valence-corrected chi connectivity index (χ4v) is 3.63. The van der Waals surface area contributed by atoms with Crippen LogP contribution in [0.4, 0.5) is 43.4 Å².